The van der Waals surface area contributed by atoms with Crippen LogP contribution in [0.1, 0.15) is 33.9 Å². The van der Waals surface area contributed by atoms with Gasteiger partial charge in [-0.05, 0) is 145 Å². The van der Waals surface area contributed by atoms with Crippen LogP contribution in [-0.2, 0) is 0 Å². The molecule has 4 aromatic heterocycles. The minimum atomic E-state index is 1.02. The molecule has 8 heteroatoms. The molecule has 56 heavy (non-hydrogen) atoms. The lowest BCUT2D eigenvalue weighted by atomic mass is 10.0. The Morgan fingerprint density at radius 2 is 0.821 bits per heavy atom. The van der Waals surface area contributed by atoms with Crippen LogP contribution in [0.25, 0.3) is 23.3 Å². The molecular weight excluding hydrogens is 725 g/mol. The summed E-state index contributed by atoms with van der Waals surface area (Å²) in [5, 5.41) is 4.12. The first-order valence-corrected chi connectivity index (χ1v) is 20.3. The van der Waals surface area contributed by atoms with Crippen LogP contribution in [0.2, 0.25) is 0 Å². The average Bonchev–Trinajstić information content (AvgIpc) is 4.03. The van der Waals surface area contributed by atoms with Gasteiger partial charge < -0.3 is 29.7 Å². The summed E-state index contributed by atoms with van der Waals surface area (Å²) in [4.78, 5) is 24.0. The summed E-state index contributed by atoms with van der Waals surface area (Å²) >= 11 is 3.55. The smallest absolute Gasteiger partial charge is 0.0485 e. The molecule has 276 valence electrons. The van der Waals surface area contributed by atoms with Gasteiger partial charge in [-0.1, -0.05) is 47.8 Å². The Hall–Kier alpha value is -6.22. The SMILES string of the molecule is CN(C)c1ccc(Sc2cccc(C3=c4ccc([nH]4)=Cc4ccc([nH]4)C(c4cccc(Sc5ccc(N(C)C)cc5)c4)=c4ccc([nH]4)=Cc4ccc3[nH]4)c2)cc1. The number of fused-ring (bicyclic) bond motifs is 8. The molecule has 4 aromatic carbocycles. The molecular formula is C48H42N6S2. The van der Waals surface area contributed by atoms with Crippen LogP contribution in [0.4, 0.5) is 11.4 Å². The van der Waals surface area contributed by atoms with Crippen molar-refractivity contribution in [3.8, 4) is 0 Å². The topological polar surface area (TPSA) is 69.6 Å². The Bertz CT molecular complexity index is 2720. The zero-order valence-electron chi connectivity index (χ0n) is 31.7. The van der Waals surface area contributed by atoms with Crippen LogP contribution in [-0.4, -0.2) is 48.1 Å². The number of anilines is 2. The van der Waals surface area contributed by atoms with E-state index in [-0.39, 0.29) is 0 Å². The molecule has 0 fully saturated rings. The molecule has 8 aromatic rings. The second-order valence-electron chi connectivity index (χ2n) is 14.4. The van der Waals surface area contributed by atoms with E-state index < -0.39 is 0 Å². The highest BCUT2D eigenvalue weighted by Gasteiger charge is 2.14. The molecule has 0 radical (unpaired) electrons. The Morgan fingerprint density at radius 3 is 1.23 bits per heavy atom. The van der Waals surface area contributed by atoms with Crippen molar-refractivity contribution in [2.75, 3.05) is 38.0 Å². The fourth-order valence-corrected chi connectivity index (χ4v) is 8.90. The van der Waals surface area contributed by atoms with Crippen molar-refractivity contribution < 1.29 is 0 Å². The molecule has 1 aliphatic heterocycles. The zero-order valence-corrected chi connectivity index (χ0v) is 33.4. The summed E-state index contributed by atoms with van der Waals surface area (Å²) in [5.74, 6) is 0. The van der Waals surface area contributed by atoms with E-state index in [4.69, 9.17) is 0 Å². The normalized spacial score (nSPS) is 12.3. The first kappa shape index (κ1) is 35.5. The summed E-state index contributed by atoms with van der Waals surface area (Å²) in [5.41, 5.74) is 11.0. The molecule has 9 rings (SSSR count). The molecule has 0 spiro atoms. The van der Waals surface area contributed by atoms with Crippen molar-refractivity contribution in [3.05, 3.63) is 201 Å². The predicted octanol–water partition coefficient (Wildman–Crippen LogP) is 7.90. The standard InChI is InChI=1S/C48H42N6S2/c1-53(2)37-15-19-39(20-16-37)55-41-9-5-7-31(27-41)47-43-23-11-33(49-43)29-35-13-25-45(51-35)48(46-26-14-36(52-46)30-34-12-24-44(47)50-34)32-8-6-10-42(28-32)56-40-21-17-38(18-22-40)54(3)4/h5-30,49-52H,1-4H3. The summed E-state index contributed by atoms with van der Waals surface area (Å²) in [6.45, 7) is 0. The minimum absolute atomic E-state index is 1.02. The first-order chi connectivity index (χ1) is 27.3. The zero-order chi connectivity index (χ0) is 38.2. The predicted molar refractivity (Wildman–Crippen MR) is 235 cm³/mol. The summed E-state index contributed by atoms with van der Waals surface area (Å²) in [6.07, 6.45) is 4.35. The molecule has 0 saturated heterocycles. The molecule has 0 amide bonds. The largest absolute Gasteiger partial charge is 0.378 e. The number of aromatic nitrogens is 4. The van der Waals surface area contributed by atoms with Crippen molar-refractivity contribution in [1.29, 1.82) is 0 Å². The van der Waals surface area contributed by atoms with Gasteiger partial charge in [0.1, 0.15) is 0 Å². The third-order valence-corrected chi connectivity index (χ3v) is 12.0. The van der Waals surface area contributed by atoms with Crippen LogP contribution in [0, 0.1) is 0 Å². The van der Waals surface area contributed by atoms with Crippen LogP contribution >= 0.6 is 23.5 Å². The van der Waals surface area contributed by atoms with Gasteiger partial charge in [-0.25, -0.2) is 0 Å². The molecule has 0 atom stereocenters. The van der Waals surface area contributed by atoms with Crippen molar-refractivity contribution >= 4 is 58.2 Å². The number of nitrogens with one attached hydrogen (secondary N) is 4. The number of aromatic amines is 4. The maximum atomic E-state index is 3.74. The number of rotatable bonds is 8. The monoisotopic (exact) mass is 766 g/mol. The van der Waals surface area contributed by atoms with Crippen molar-refractivity contribution in [2.24, 2.45) is 0 Å². The number of H-pyrrole nitrogens is 4. The Balaban J connectivity index is 1.12. The summed E-state index contributed by atoms with van der Waals surface area (Å²) in [6, 6.07) is 52.4. The molecule has 1 aliphatic rings. The van der Waals surface area contributed by atoms with Crippen molar-refractivity contribution in [1.82, 2.24) is 19.9 Å². The molecule has 4 N–H and O–H groups in total. The lowest BCUT2D eigenvalue weighted by Gasteiger charge is -2.13. The second-order valence-corrected chi connectivity index (χ2v) is 16.7. The molecule has 5 heterocycles. The highest BCUT2D eigenvalue weighted by molar-refractivity contribution is 7.99. The number of hydrogen-bond acceptors (Lipinski definition) is 4. The fourth-order valence-electron chi connectivity index (χ4n) is 7.14. The molecule has 0 aliphatic carbocycles. The second kappa shape index (κ2) is 15.1. The van der Waals surface area contributed by atoms with Crippen LogP contribution in [0.5, 0.6) is 0 Å². The minimum Gasteiger partial charge on any atom is -0.378 e. The molecule has 0 saturated carbocycles. The van der Waals surface area contributed by atoms with E-state index in [1.165, 1.54) is 31.0 Å². The van der Waals surface area contributed by atoms with Gasteiger partial charge >= 0.3 is 0 Å². The Morgan fingerprint density at radius 1 is 0.393 bits per heavy atom. The molecule has 6 nitrogen and oxygen atoms in total. The van der Waals surface area contributed by atoms with E-state index in [0.29, 0.717) is 0 Å². The number of hydrogen-bond donors (Lipinski definition) is 4. The van der Waals surface area contributed by atoms with Crippen molar-refractivity contribution in [3.63, 3.8) is 0 Å². The Labute approximate surface area is 335 Å². The third-order valence-electron chi connectivity index (χ3n) is 9.96. The fraction of sp³-hybridized carbons (Fsp3) is 0.0833. The van der Waals surface area contributed by atoms with E-state index in [1.54, 1.807) is 23.5 Å². The van der Waals surface area contributed by atoms with Gasteiger partial charge in [0.25, 0.3) is 0 Å². The van der Waals surface area contributed by atoms with E-state index in [1.807, 2.05) is 0 Å². The van der Waals surface area contributed by atoms with Crippen LogP contribution in [0.3, 0.4) is 0 Å². The van der Waals surface area contributed by atoms with E-state index >= 15 is 0 Å². The van der Waals surface area contributed by atoms with Gasteiger partial charge in [-0.15, -0.1) is 0 Å². The average molecular weight is 767 g/mol. The van der Waals surface area contributed by atoms with Crippen molar-refractivity contribution in [2.45, 2.75) is 19.6 Å². The summed E-state index contributed by atoms with van der Waals surface area (Å²) in [7, 11) is 8.27. The number of benzene rings is 4. The van der Waals surface area contributed by atoms with Gasteiger partial charge in [0, 0.05) is 114 Å². The number of nitrogens with zero attached hydrogens (tertiary/aromatic N) is 2. The van der Waals surface area contributed by atoms with E-state index in [0.717, 1.165) is 66.4 Å². The highest BCUT2D eigenvalue weighted by Crippen LogP contribution is 2.33. The van der Waals surface area contributed by atoms with Gasteiger partial charge in [-0.3, -0.25) is 0 Å². The highest BCUT2D eigenvalue weighted by atomic mass is 32.2. The van der Waals surface area contributed by atoms with Gasteiger partial charge in [0.15, 0.2) is 0 Å². The van der Waals surface area contributed by atoms with E-state index in [2.05, 4.69) is 216 Å². The first-order valence-electron chi connectivity index (χ1n) is 18.6. The van der Waals surface area contributed by atoms with Crippen LogP contribution < -0.4 is 31.2 Å². The maximum Gasteiger partial charge on any atom is 0.0485 e. The molecule has 0 unspecified atom stereocenters. The van der Waals surface area contributed by atoms with E-state index in [9.17, 15) is 0 Å². The molecule has 8 bridgehead atoms. The van der Waals surface area contributed by atoms with Crippen LogP contribution in [0.15, 0.2) is 165 Å². The van der Waals surface area contributed by atoms with Gasteiger partial charge in [-0.2, -0.15) is 0 Å². The maximum absolute atomic E-state index is 3.74. The Kier molecular flexibility index (Phi) is 9.59. The van der Waals surface area contributed by atoms with Gasteiger partial charge in [0.2, 0.25) is 0 Å². The summed E-state index contributed by atoms with van der Waals surface area (Å²) < 4.78 is 0. The van der Waals surface area contributed by atoms with Gasteiger partial charge in [0.05, 0.1) is 0 Å². The third kappa shape index (κ3) is 7.54. The quantitative estimate of drug-likeness (QED) is 0.127. The lowest BCUT2D eigenvalue weighted by molar-refractivity contribution is 1.13. The lowest BCUT2D eigenvalue weighted by Crippen LogP contribution is -2.15.